The molecule has 0 aliphatic heterocycles. The molecule has 0 spiro atoms. The van der Waals surface area contributed by atoms with Crippen molar-refractivity contribution >= 4 is 31.5 Å². The summed E-state index contributed by atoms with van der Waals surface area (Å²) >= 11 is 5.49. The van der Waals surface area contributed by atoms with Crippen LogP contribution in [0.25, 0.3) is 0 Å². The van der Waals surface area contributed by atoms with Gasteiger partial charge in [-0.2, -0.15) is 12.7 Å². The molecule has 0 aromatic heterocycles. The monoisotopic (exact) mass is 291 g/mol. The summed E-state index contributed by atoms with van der Waals surface area (Å²) in [6.07, 6.45) is 2.75. The summed E-state index contributed by atoms with van der Waals surface area (Å²) < 4.78 is 28.6. The van der Waals surface area contributed by atoms with Crippen molar-refractivity contribution < 1.29 is 13.2 Å². The summed E-state index contributed by atoms with van der Waals surface area (Å²) in [4.78, 5) is 0. The van der Waals surface area contributed by atoms with Crippen LogP contribution in [0.15, 0.2) is 0 Å². The highest BCUT2D eigenvalue weighted by Crippen LogP contribution is 2.07. The molecule has 0 amide bonds. The van der Waals surface area contributed by atoms with E-state index in [0.29, 0.717) is 19.6 Å². The minimum absolute atomic E-state index is 0.238. The van der Waals surface area contributed by atoms with Crippen LogP contribution in [0.3, 0.4) is 0 Å². The molecule has 0 saturated heterocycles. The van der Waals surface area contributed by atoms with E-state index in [1.165, 1.54) is 0 Å². The zero-order valence-electron chi connectivity index (χ0n) is 9.49. The Morgan fingerprint density at radius 3 is 2.31 bits per heavy atom. The number of unbranched alkanes of at least 4 members (excludes halogenated alkanes) is 1. The largest absolute Gasteiger partial charge is 0.381 e. The Bertz CT molecular complexity index is 259. The average Bonchev–Trinajstić information content (AvgIpc) is 2.20. The van der Waals surface area contributed by atoms with Gasteiger partial charge < -0.3 is 4.74 Å². The summed E-state index contributed by atoms with van der Waals surface area (Å²) in [5, 5.41) is 0. The summed E-state index contributed by atoms with van der Waals surface area (Å²) in [7, 11) is 1.58. The number of ether oxygens (including phenoxy) is 1. The van der Waals surface area contributed by atoms with E-state index in [1.807, 2.05) is 0 Å². The van der Waals surface area contributed by atoms with Gasteiger partial charge in [0.15, 0.2) is 0 Å². The van der Waals surface area contributed by atoms with E-state index in [-0.39, 0.29) is 12.4 Å². The molecule has 16 heavy (non-hydrogen) atoms. The van der Waals surface area contributed by atoms with E-state index in [4.69, 9.17) is 27.0 Å². The van der Waals surface area contributed by atoms with Crippen molar-refractivity contribution in [3.05, 3.63) is 0 Å². The smallest absolute Gasteiger partial charge is 0.299 e. The lowest BCUT2D eigenvalue weighted by Gasteiger charge is -2.16. The summed E-state index contributed by atoms with van der Waals surface area (Å²) in [5.41, 5.74) is 0. The number of nitrogens with zero attached hydrogens (tertiary/aromatic N) is 1. The van der Waals surface area contributed by atoms with Crippen LogP contribution in [0.4, 0.5) is 0 Å². The van der Waals surface area contributed by atoms with Crippen molar-refractivity contribution in [1.29, 1.82) is 0 Å². The lowest BCUT2D eigenvalue weighted by molar-refractivity contribution is 0.125. The molecule has 0 saturated carbocycles. The standard InChI is InChI=1S/C9H19Cl2NO3S/c1-2-3-8-15-9-4-6-12(7-5-10)16(11,13)14/h2-9H2,1H3. The molecule has 0 aliphatic rings. The zero-order chi connectivity index (χ0) is 12.4. The van der Waals surface area contributed by atoms with Crippen molar-refractivity contribution in [2.24, 2.45) is 0 Å². The molecule has 0 N–H and O–H groups in total. The Kier molecular flexibility index (Phi) is 9.74. The third-order valence-corrected chi connectivity index (χ3v) is 3.72. The van der Waals surface area contributed by atoms with Gasteiger partial charge in [-0.05, 0) is 12.8 Å². The van der Waals surface area contributed by atoms with Gasteiger partial charge in [-0.3, -0.25) is 0 Å². The molecule has 0 aliphatic carbocycles. The molecule has 0 bridgehead atoms. The second-order valence-electron chi connectivity index (χ2n) is 3.35. The summed E-state index contributed by atoms with van der Waals surface area (Å²) in [6, 6.07) is 0. The minimum atomic E-state index is -3.66. The molecule has 0 aromatic rings. The average molecular weight is 292 g/mol. The lowest BCUT2D eigenvalue weighted by atomic mass is 10.4. The van der Waals surface area contributed by atoms with Gasteiger partial charge in [0.05, 0.1) is 0 Å². The van der Waals surface area contributed by atoms with Crippen LogP contribution in [0.5, 0.6) is 0 Å². The van der Waals surface area contributed by atoms with Gasteiger partial charge in [-0.25, -0.2) is 0 Å². The lowest BCUT2D eigenvalue weighted by Crippen LogP contribution is -2.30. The molecular formula is C9H19Cl2NO3S. The van der Waals surface area contributed by atoms with E-state index in [2.05, 4.69) is 6.92 Å². The highest BCUT2D eigenvalue weighted by atomic mass is 35.7. The van der Waals surface area contributed by atoms with Crippen molar-refractivity contribution in [3.63, 3.8) is 0 Å². The maximum atomic E-state index is 11.1. The van der Waals surface area contributed by atoms with Crippen LogP contribution in [0.1, 0.15) is 26.2 Å². The van der Waals surface area contributed by atoms with Crippen molar-refractivity contribution in [1.82, 2.24) is 4.31 Å². The first-order valence-corrected chi connectivity index (χ1v) is 8.16. The Labute approximate surface area is 107 Å². The van der Waals surface area contributed by atoms with Gasteiger partial charge in [-0.1, -0.05) is 13.3 Å². The van der Waals surface area contributed by atoms with Crippen LogP contribution in [-0.4, -0.2) is 44.9 Å². The van der Waals surface area contributed by atoms with Crippen LogP contribution >= 0.6 is 22.3 Å². The fourth-order valence-corrected chi connectivity index (χ4v) is 2.49. The number of hydrogen-bond donors (Lipinski definition) is 0. The molecular weight excluding hydrogens is 273 g/mol. The summed E-state index contributed by atoms with van der Waals surface area (Å²) in [6.45, 7) is 3.95. The Hall–Kier alpha value is 0.450. The van der Waals surface area contributed by atoms with Crippen LogP contribution in [-0.2, 0) is 14.0 Å². The van der Waals surface area contributed by atoms with Crippen LogP contribution < -0.4 is 0 Å². The molecule has 0 rings (SSSR count). The number of hydrogen-bond acceptors (Lipinski definition) is 3. The predicted molar refractivity (Wildman–Crippen MR) is 67.4 cm³/mol. The normalized spacial score (nSPS) is 12.2. The summed E-state index contributed by atoms with van der Waals surface area (Å²) in [5.74, 6) is 0.239. The fraction of sp³-hybridized carbons (Fsp3) is 1.00. The first-order valence-electron chi connectivity index (χ1n) is 5.35. The zero-order valence-corrected chi connectivity index (χ0v) is 11.8. The van der Waals surface area contributed by atoms with Gasteiger partial charge in [-0.15, -0.1) is 11.6 Å². The second-order valence-corrected chi connectivity index (χ2v) is 6.24. The molecule has 0 heterocycles. The minimum Gasteiger partial charge on any atom is -0.381 e. The van der Waals surface area contributed by atoms with E-state index >= 15 is 0 Å². The van der Waals surface area contributed by atoms with Crippen molar-refractivity contribution in [2.75, 3.05) is 32.2 Å². The number of halogens is 2. The van der Waals surface area contributed by atoms with Gasteiger partial charge in [0.1, 0.15) is 0 Å². The Morgan fingerprint density at radius 2 is 1.81 bits per heavy atom. The fourth-order valence-electron chi connectivity index (χ4n) is 1.12. The molecule has 0 radical (unpaired) electrons. The Balaban J connectivity index is 3.70. The van der Waals surface area contributed by atoms with Gasteiger partial charge in [0.25, 0.3) is 9.24 Å². The van der Waals surface area contributed by atoms with E-state index in [0.717, 1.165) is 23.8 Å². The third-order valence-electron chi connectivity index (χ3n) is 1.98. The maximum absolute atomic E-state index is 11.1. The highest BCUT2D eigenvalue weighted by molar-refractivity contribution is 8.11. The molecule has 0 aromatic carbocycles. The van der Waals surface area contributed by atoms with E-state index in [1.54, 1.807) is 0 Å². The maximum Gasteiger partial charge on any atom is 0.299 e. The molecule has 0 atom stereocenters. The van der Waals surface area contributed by atoms with Crippen molar-refractivity contribution in [3.8, 4) is 0 Å². The quantitative estimate of drug-likeness (QED) is 0.352. The molecule has 0 unspecified atom stereocenters. The highest BCUT2D eigenvalue weighted by Gasteiger charge is 2.17. The SMILES string of the molecule is CCCCOCCCN(CCCl)S(=O)(=O)Cl. The topological polar surface area (TPSA) is 46.6 Å². The molecule has 98 valence electrons. The Morgan fingerprint density at radius 1 is 1.19 bits per heavy atom. The third kappa shape index (κ3) is 8.58. The van der Waals surface area contributed by atoms with E-state index in [9.17, 15) is 8.42 Å². The predicted octanol–water partition coefficient (Wildman–Crippen LogP) is 2.22. The molecule has 0 fully saturated rings. The molecule has 7 heteroatoms. The number of alkyl halides is 1. The number of rotatable bonds is 10. The first kappa shape index (κ1) is 16.4. The van der Waals surface area contributed by atoms with Crippen molar-refractivity contribution in [2.45, 2.75) is 26.2 Å². The van der Waals surface area contributed by atoms with Gasteiger partial charge in [0, 0.05) is 42.9 Å². The molecule has 4 nitrogen and oxygen atoms in total. The van der Waals surface area contributed by atoms with Crippen LogP contribution in [0.2, 0.25) is 0 Å². The first-order chi connectivity index (χ1) is 7.52. The van der Waals surface area contributed by atoms with Crippen LogP contribution in [0, 0.1) is 0 Å². The second kappa shape index (κ2) is 9.48. The van der Waals surface area contributed by atoms with Gasteiger partial charge >= 0.3 is 0 Å². The van der Waals surface area contributed by atoms with Gasteiger partial charge in [0.2, 0.25) is 0 Å². The van der Waals surface area contributed by atoms with E-state index < -0.39 is 9.24 Å².